The van der Waals surface area contributed by atoms with Crippen molar-refractivity contribution in [2.75, 3.05) is 31.1 Å². The molecule has 3 heterocycles. The van der Waals surface area contributed by atoms with Crippen LogP contribution in [0.4, 0.5) is 5.69 Å². The van der Waals surface area contributed by atoms with Gasteiger partial charge in [0.25, 0.3) is 0 Å². The van der Waals surface area contributed by atoms with E-state index >= 15 is 0 Å². The van der Waals surface area contributed by atoms with Crippen LogP contribution in [0, 0.1) is 5.41 Å². The van der Waals surface area contributed by atoms with Crippen molar-refractivity contribution in [1.82, 2.24) is 9.88 Å². The first-order chi connectivity index (χ1) is 9.25. The Morgan fingerprint density at radius 1 is 1.32 bits per heavy atom. The third-order valence-electron chi connectivity index (χ3n) is 4.20. The van der Waals surface area contributed by atoms with Crippen LogP contribution in [-0.4, -0.2) is 47.9 Å². The molecule has 0 aliphatic carbocycles. The fraction of sp³-hybridized carbons (Fsp3) is 0.571. The van der Waals surface area contributed by atoms with Crippen molar-refractivity contribution in [2.24, 2.45) is 5.73 Å². The molecule has 1 unspecified atom stereocenters. The van der Waals surface area contributed by atoms with Crippen LogP contribution in [0.3, 0.4) is 0 Å². The summed E-state index contributed by atoms with van der Waals surface area (Å²) in [7, 11) is 0. The van der Waals surface area contributed by atoms with E-state index in [-0.39, 0.29) is 5.84 Å². The van der Waals surface area contributed by atoms with Gasteiger partial charge in [-0.3, -0.25) is 15.3 Å². The first-order valence-corrected chi connectivity index (χ1v) is 7.04. The van der Waals surface area contributed by atoms with Gasteiger partial charge in [0.1, 0.15) is 11.5 Å². The molecule has 3 rings (SSSR count). The van der Waals surface area contributed by atoms with E-state index in [1.807, 2.05) is 12.1 Å². The van der Waals surface area contributed by atoms with Gasteiger partial charge in [-0.2, -0.15) is 0 Å². The van der Waals surface area contributed by atoms with Crippen LogP contribution in [0.15, 0.2) is 18.3 Å². The van der Waals surface area contributed by atoms with E-state index < -0.39 is 0 Å². The number of nitrogens with zero attached hydrogens (tertiary/aromatic N) is 3. The molecule has 2 aliphatic rings. The molecule has 0 saturated carbocycles. The highest BCUT2D eigenvalue weighted by Gasteiger charge is 2.30. The number of amidine groups is 1. The number of nitrogens with two attached hydrogens (primary N) is 1. The lowest BCUT2D eigenvalue weighted by atomic mass is 10.2. The van der Waals surface area contributed by atoms with Gasteiger partial charge in [0, 0.05) is 25.3 Å². The van der Waals surface area contributed by atoms with Crippen molar-refractivity contribution >= 4 is 11.5 Å². The van der Waals surface area contributed by atoms with E-state index in [1.165, 1.54) is 32.4 Å². The molecule has 0 amide bonds. The SMILES string of the molecule is N=C(N)c1ncccc1N1CCC(N2CCCC2)C1. The summed E-state index contributed by atoms with van der Waals surface area (Å²) in [6, 6.07) is 4.60. The normalized spacial score (nSPS) is 24.0. The summed E-state index contributed by atoms with van der Waals surface area (Å²) in [6.07, 6.45) is 5.57. The van der Waals surface area contributed by atoms with E-state index in [9.17, 15) is 0 Å². The fourth-order valence-corrected chi connectivity index (χ4v) is 3.22. The highest BCUT2D eigenvalue weighted by atomic mass is 15.3. The molecule has 1 aromatic rings. The topological polar surface area (TPSA) is 69.2 Å². The molecule has 0 bridgehead atoms. The van der Waals surface area contributed by atoms with Crippen LogP contribution in [0.5, 0.6) is 0 Å². The van der Waals surface area contributed by atoms with Gasteiger partial charge in [0.15, 0.2) is 0 Å². The summed E-state index contributed by atoms with van der Waals surface area (Å²) in [5.74, 6) is 0.0558. The van der Waals surface area contributed by atoms with Crippen LogP contribution in [-0.2, 0) is 0 Å². The number of hydrogen-bond donors (Lipinski definition) is 2. The number of anilines is 1. The van der Waals surface area contributed by atoms with Crippen molar-refractivity contribution in [3.63, 3.8) is 0 Å². The number of likely N-dealkylation sites (tertiary alicyclic amines) is 1. The summed E-state index contributed by atoms with van der Waals surface area (Å²) in [5, 5.41) is 7.64. The second-order valence-corrected chi connectivity index (χ2v) is 5.42. The molecule has 1 aromatic heterocycles. The summed E-state index contributed by atoms with van der Waals surface area (Å²) >= 11 is 0. The van der Waals surface area contributed by atoms with Crippen LogP contribution < -0.4 is 10.6 Å². The minimum Gasteiger partial charge on any atom is -0.382 e. The second-order valence-electron chi connectivity index (χ2n) is 5.42. The third-order valence-corrected chi connectivity index (χ3v) is 4.20. The highest BCUT2D eigenvalue weighted by Crippen LogP contribution is 2.26. The van der Waals surface area contributed by atoms with Gasteiger partial charge in [-0.05, 0) is 44.5 Å². The summed E-state index contributed by atoms with van der Waals surface area (Å²) in [6.45, 7) is 4.55. The van der Waals surface area contributed by atoms with Crippen molar-refractivity contribution < 1.29 is 0 Å². The molecule has 3 N–H and O–H groups in total. The fourth-order valence-electron chi connectivity index (χ4n) is 3.22. The van der Waals surface area contributed by atoms with Crippen molar-refractivity contribution in [1.29, 1.82) is 5.41 Å². The lowest BCUT2D eigenvalue weighted by Crippen LogP contribution is -2.35. The first-order valence-electron chi connectivity index (χ1n) is 7.04. The maximum Gasteiger partial charge on any atom is 0.143 e. The molecule has 5 heteroatoms. The molecule has 0 aromatic carbocycles. The minimum absolute atomic E-state index is 0.0558. The molecule has 0 spiro atoms. The molecule has 1 atom stereocenters. The third kappa shape index (κ3) is 2.42. The number of nitrogen functional groups attached to an aromatic ring is 1. The molecule has 2 saturated heterocycles. The van der Waals surface area contributed by atoms with Gasteiger partial charge in [-0.15, -0.1) is 0 Å². The number of hydrogen-bond acceptors (Lipinski definition) is 4. The standard InChI is InChI=1S/C14H21N5/c15-14(16)13-12(4-3-6-17-13)19-9-5-11(10-19)18-7-1-2-8-18/h3-4,6,11H,1-2,5,7-10H2,(H3,15,16). The highest BCUT2D eigenvalue weighted by molar-refractivity contribution is 5.98. The van der Waals surface area contributed by atoms with Gasteiger partial charge in [-0.25, -0.2) is 0 Å². The molecule has 2 aliphatic heterocycles. The van der Waals surface area contributed by atoms with Crippen molar-refractivity contribution in [3.05, 3.63) is 24.0 Å². The lowest BCUT2D eigenvalue weighted by molar-refractivity contribution is 0.260. The van der Waals surface area contributed by atoms with Gasteiger partial charge in [0.2, 0.25) is 0 Å². The molecule has 102 valence electrons. The van der Waals surface area contributed by atoms with Gasteiger partial charge in [0.05, 0.1) is 5.69 Å². The van der Waals surface area contributed by atoms with Gasteiger partial charge < -0.3 is 10.6 Å². The maximum atomic E-state index is 7.64. The first kappa shape index (κ1) is 12.4. The van der Waals surface area contributed by atoms with Crippen LogP contribution in [0.1, 0.15) is 25.0 Å². The maximum absolute atomic E-state index is 7.64. The quantitative estimate of drug-likeness (QED) is 0.628. The van der Waals surface area contributed by atoms with Gasteiger partial charge in [-0.1, -0.05) is 0 Å². The van der Waals surface area contributed by atoms with Crippen LogP contribution >= 0.6 is 0 Å². The number of aromatic nitrogens is 1. The van der Waals surface area contributed by atoms with E-state index in [1.54, 1.807) is 6.20 Å². The smallest absolute Gasteiger partial charge is 0.143 e. The Kier molecular flexibility index (Phi) is 3.38. The van der Waals surface area contributed by atoms with E-state index in [0.717, 1.165) is 18.8 Å². The predicted molar refractivity (Wildman–Crippen MR) is 76.7 cm³/mol. The lowest BCUT2D eigenvalue weighted by Gasteiger charge is -2.25. The Bertz CT molecular complexity index is 467. The van der Waals surface area contributed by atoms with Gasteiger partial charge >= 0.3 is 0 Å². The monoisotopic (exact) mass is 259 g/mol. The van der Waals surface area contributed by atoms with E-state index in [4.69, 9.17) is 11.1 Å². The number of rotatable bonds is 3. The Morgan fingerprint density at radius 2 is 2.11 bits per heavy atom. The van der Waals surface area contributed by atoms with E-state index in [0.29, 0.717) is 11.7 Å². The molecule has 0 radical (unpaired) electrons. The Hall–Kier alpha value is -1.62. The number of pyridine rings is 1. The summed E-state index contributed by atoms with van der Waals surface area (Å²) < 4.78 is 0. The Balaban J connectivity index is 1.75. The predicted octanol–water partition coefficient (Wildman–Crippen LogP) is 1.04. The zero-order chi connectivity index (χ0) is 13.2. The molecular weight excluding hydrogens is 238 g/mol. The average Bonchev–Trinajstić information content (AvgIpc) is 3.09. The Morgan fingerprint density at radius 3 is 2.84 bits per heavy atom. The second kappa shape index (κ2) is 5.17. The molecular formula is C14H21N5. The van der Waals surface area contributed by atoms with Crippen molar-refractivity contribution in [2.45, 2.75) is 25.3 Å². The average molecular weight is 259 g/mol. The zero-order valence-electron chi connectivity index (χ0n) is 11.2. The Labute approximate surface area is 113 Å². The largest absolute Gasteiger partial charge is 0.382 e. The zero-order valence-corrected chi connectivity index (χ0v) is 11.2. The minimum atomic E-state index is 0.0558. The van der Waals surface area contributed by atoms with E-state index in [2.05, 4.69) is 14.8 Å². The molecule has 2 fully saturated rings. The molecule has 19 heavy (non-hydrogen) atoms. The molecule has 5 nitrogen and oxygen atoms in total. The summed E-state index contributed by atoms with van der Waals surface area (Å²) in [4.78, 5) is 9.17. The van der Waals surface area contributed by atoms with Crippen LogP contribution in [0.2, 0.25) is 0 Å². The summed E-state index contributed by atoms with van der Waals surface area (Å²) in [5.41, 5.74) is 7.25. The van der Waals surface area contributed by atoms with Crippen molar-refractivity contribution in [3.8, 4) is 0 Å². The number of nitrogens with one attached hydrogen (secondary N) is 1. The van der Waals surface area contributed by atoms with Crippen LogP contribution in [0.25, 0.3) is 0 Å².